The first-order valence-corrected chi connectivity index (χ1v) is 6.71. The van der Waals surface area contributed by atoms with Gasteiger partial charge in [0.25, 0.3) is 0 Å². The van der Waals surface area contributed by atoms with Crippen molar-refractivity contribution in [1.29, 1.82) is 0 Å². The van der Waals surface area contributed by atoms with Crippen molar-refractivity contribution >= 4 is 21.5 Å². The van der Waals surface area contributed by atoms with E-state index in [0.717, 1.165) is 19.3 Å². The molecule has 0 saturated carbocycles. The highest BCUT2D eigenvalue weighted by molar-refractivity contribution is 9.12. The molecule has 1 N–H and O–H groups in total. The van der Waals surface area contributed by atoms with Crippen LogP contribution in [0.3, 0.4) is 0 Å². The molecule has 0 saturated heterocycles. The van der Waals surface area contributed by atoms with E-state index in [1.165, 1.54) is 26.8 Å². The average Bonchev–Trinajstić information content (AvgIpc) is 2.56. The first kappa shape index (κ1) is 11.1. The summed E-state index contributed by atoms with van der Waals surface area (Å²) in [6, 6.07) is 5.70. The van der Waals surface area contributed by atoms with Gasteiger partial charge in [-0.25, -0.2) is 0 Å². The molecule has 0 bridgehead atoms. The van der Waals surface area contributed by atoms with Gasteiger partial charge in [0.15, 0.2) is 0 Å². The fourth-order valence-corrected chi connectivity index (χ4v) is 4.00. The van der Waals surface area contributed by atoms with Crippen LogP contribution in [0.25, 0.3) is 5.57 Å². The minimum atomic E-state index is 0.205. The smallest absolute Gasteiger partial charge is 0.115 e. The molecule has 0 fully saturated rings. The molecule has 0 spiro atoms. The zero-order chi connectivity index (χ0) is 12.2. The van der Waals surface area contributed by atoms with Crippen molar-refractivity contribution in [2.45, 2.75) is 26.2 Å². The second-order valence-electron chi connectivity index (χ2n) is 5.37. The van der Waals surface area contributed by atoms with E-state index in [9.17, 15) is 5.11 Å². The number of rotatable bonds is 0. The van der Waals surface area contributed by atoms with Crippen LogP contribution >= 0.6 is 15.9 Å². The van der Waals surface area contributed by atoms with E-state index < -0.39 is 0 Å². The molecule has 0 heterocycles. The minimum Gasteiger partial charge on any atom is -0.508 e. The first-order chi connectivity index (χ1) is 8.01. The minimum absolute atomic E-state index is 0.205. The maximum absolute atomic E-state index is 9.59. The van der Waals surface area contributed by atoms with Crippen molar-refractivity contribution < 1.29 is 5.11 Å². The highest BCUT2D eigenvalue weighted by Gasteiger charge is 2.41. The molecule has 1 unspecified atom stereocenters. The maximum Gasteiger partial charge on any atom is 0.115 e. The van der Waals surface area contributed by atoms with Gasteiger partial charge < -0.3 is 5.11 Å². The van der Waals surface area contributed by atoms with Crippen molar-refractivity contribution in [3.63, 3.8) is 0 Å². The molecule has 0 aliphatic heterocycles. The molecule has 1 atom stereocenters. The highest BCUT2D eigenvalue weighted by atomic mass is 79.9. The summed E-state index contributed by atoms with van der Waals surface area (Å²) in [4.78, 5) is 0. The number of phenolic OH excluding ortho intramolecular Hbond substituents is 1. The molecule has 0 radical (unpaired) electrons. The summed E-state index contributed by atoms with van der Waals surface area (Å²) >= 11 is 3.70. The fraction of sp³-hybridized carbons (Fsp3) is 0.333. The van der Waals surface area contributed by atoms with Crippen LogP contribution < -0.4 is 0 Å². The number of halogens is 1. The number of hydrogen-bond donors (Lipinski definition) is 1. The van der Waals surface area contributed by atoms with Gasteiger partial charge in [-0.3, -0.25) is 0 Å². The number of fused-ring (bicyclic) bond motifs is 3. The molecule has 1 aromatic carbocycles. The van der Waals surface area contributed by atoms with Gasteiger partial charge in [-0.1, -0.05) is 35.5 Å². The Hall–Kier alpha value is -1.02. The van der Waals surface area contributed by atoms with Crippen LogP contribution in [-0.4, -0.2) is 5.11 Å². The lowest BCUT2D eigenvalue weighted by atomic mass is 9.73. The third-order valence-electron chi connectivity index (χ3n) is 4.05. The number of aromatic hydroxyl groups is 1. The monoisotopic (exact) mass is 290 g/mol. The lowest BCUT2D eigenvalue weighted by molar-refractivity contribution is 0.414. The zero-order valence-corrected chi connectivity index (χ0v) is 11.5. The van der Waals surface area contributed by atoms with E-state index in [1.807, 2.05) is 12.1 Å². The third kappa shape index (κ3) is 1.50. The van der Waals surface area contributed by atoms with E-state index in [4.69, 9.17) is 0 Å². The van der Waals surface area contributed by atoms with E-state index >= 15 is 0 Å². The van der Waals surface area contributed by atoms with Gasteiger partial charge in [0.05, 0.1) is 0 Å². The Labute approximate surface area is 110 Å². The quantitative estimate of drug-likeness (QED) is 0.750. The lowest BCUT2D eigenvalue weighted by Gasteiger charge is -2.32. The summed E-state index contributed by atoms with van der Waals surface area (Å²) in [5.74, 6) is 0.363. The molecular weight excluding hydrogens is 276 g/mol. The number of allylic oxidation sites excluding steroid dienone is 3. The second kappa shape index (κ2) is 3.49. The van der Waals surface area contributed by atoms with E-state index in [0.29, 0.717) is 5.75 Å². The Kier molecular flexibility index (Phi) is 2.27. The Morgan fingerprint density at radius 1 is 1.41 bits per heavy atom. The molecule has 3 rings (SSSR count). The van der Waals surface area contributed by atoms with Crippen molar-refractivity contribution in [3.8, 4) is 5.75 Å². The summed E-state index contributed by atoms with van der Waals surface area (Å²) in [5.41, 5.74) is 5.31. The summed E-state index contributed by atoms with van der Waals surface area (Å²) in [5, 5.41) is 9.59. The Balaban J connectivity index is 2.27. The van der Waals surface area contributed by atoms with Gasteiger partial charge in [0.1, 0.15) is 5.75 Å². The second-order valence-corrected chi connectivity index (χ2v) is 6.16. The number of phenols is 1. The van der Waals surface area contributed by atoms with E-state index in [-0.39, 0.29) is 5.41 Å². The third-order valence-corrected chi connectivity index (χ3v) is 5.01. The topological polar surface area (TPSA) is 20.2 Å². The Bertz CT molecular complexity index is 556. The van der Waals surface area contributed by atoms with Crippen LogP contribution in [-0.2, 0) is 6.42 Å². The molecule has 1 nitrogen and oxygen atoms in total. The standard InChI is InChI=1S/C15H15BrO/c1-9-5-6-15(2)8-10-7-11(17)3-4-12(10)13(15)14(9)16/h3-4,7,17H,1,5-6,8H2,2H3. The van der Waals surface area contributed by atoms with Gasteiger partial charge in [0.2, 0.25) is 0 Å². The van der Waals surface area contributed by atoms with Crippen LogP contribution in [0.15, 0.2) is 34.8 Å². The SMILES string of the molecule is C=C1CCC2(C)Cc3cc(O)ccc3C2=C1Br. The summed E-state index contributed by atoms with van der Waals surface area (Å²) in [7, 11) is 0. The Morgan fingerprint density at radius 3 is 2.94 bits per heavy atom. The van der Waals surface area contributed by atoms with Crippen LogP contribution in [0.2, 0.25) is 0 Å². The predicted octanol–water partition coefficient (Wildman–Crippen LogP) is 4.41. The molecular formula is C15H15BrO. The summed E-state index contributed by atoms with van der Waals surface area (Å²) < 4.78 is 1.18. The van der Waals surface area contributed by atoms with Crippen molar-refractivity contribution in [3.05, 3.63) is 46.0 Å². The van der Waals surface area contributed by atoms with Crippen LogP contribution in [0, 0.1) is 5.41 Å². The van der Waals surface area contributed by atoms with E-state index in [2.05, 4.69) is 29.4 Å². The molecule has 1 aromatic rings. The summed E-state index contributed by atoms with van der Waals surface area (Å²) in [6.45, 7) is 6.44. The summed E-state index contributed by atoms with van der Waals surface area (Å²) in [6.07, 6.45) is 3.22. The molecule has 0 amide bonds. The normalized spacial score (nSPS) is 27.1. The molecule has 17 heavy (non-hydrogen) atoms. The average molecular weight is 291 g/mol. The molecule has 0 aromatic heterocycles. The molecule has 88 valence electrons. The van der Waals surface area contributed by atoms with Gasteiger partial charge in [-0.2, -0.15) is 0 Å². The molecule has 2 aliphatic carbocycles. The molecule has 2 heteroatoms. The van der Waals surface area contributed by atoms with Crippen molar-refractivity contribution in [2.75, 3.05) is 0 Å². The first-order valence-electron chi connectivity index (χ1n) is 5.92. The Morgan fingerprint density at radius 2 is 2.18 bits per heavy atom. The van der Waals surface area contributed by atoms with Crippen LogP contribution in [0.1, 0.15) is 30.9 Å². The molecule has 2 aliphatic rings. The van der Waals surface area contributed by atoms with Crippen molar-refractivity contribution in [1.82, 2.24) is 0 Å². The lowest BCUT2D eigenvalue weighted by Crippen LogP contribution is -2.20. The number of hydrogen-bond acceptors (Lipinski definition) is 1. The van der Waals surface area contributed by atoms with Gasteiger partial charge in [-0.15, -0.1) is 0 Å². The van der Waals surface area contributed by atoms with Gasteiger partial charge >= 0.3 is 0 Å². The predicted molar refractivity (Wildman–Crippen MR) is 74.1 cm³/mol. The number of benzene rings is 1. The van der Waals surface area contributed by atoms with Crippen LogP contribution in [0.4, 0.5) is 0 Å². The fourth-order valence-electron chi connectivity index (χ4n) is 3.11. The van der Waals surface area contributed by atoms with E-state index in [1.54, 1.807) is 6.07 Å². The maximum atomic E-state index is 9.59. The zero-order valence-electron chi connectivity index (χ0n) is 9.89. The largest absolute Gasteiger partial charge is 0.508 e. The van der Waals surface area contributed by atoms with Crippen molar-refractivity contribution in [2.24, 2.45) is 5.41 Å². The van der Waals surface area contributed by atoms with Gasteiger partial charge in [0, 0.05) is 4.48 Å². The highest BCUT2D eigenvalue weighted by Crippen LogP contribution is 2.56. The van der Waals surface area contributed by atoms with Gasteiger partial charge in [-0.05, 0) is 59.1 Å². The van der Waals surface area contributed by atoms with Crippen LogP contribution in [0.5, 0.6) is 5.75 Å².